The molecule has 2 fully saturated rings. The Bertz CT molecular complexity index is 300. The molecule has 2 aliphatic rings. The Morgan fingerprint density at radius 3 is 2.76 bits per heavy atom. The lowest BCUT2D eigenvalue weighted by Crippen LogP contribution is -2.49. The van der Waals surface area contributed by atoms with Crippen molar-refractivity contribution >= 4 is 0 Å². The van der Waals surface area contributed by atoms with Gasteiger partial charge < -0.3 is 19.9 Å². The van der Waals surface area contributed by atoms with Crippen molar-refractivity contribution in [1.29, 1.82) is 0 Å². The molecule has 0 spiro atoms. The number of nitrogens with zero attached hydrogens (tertiary/aromatic N) is 2. The summed E-state index contributed by atoms with van der Waals surface area (Å²) in [6.45, 7) is 12.3. The SMILES string of the molecule is CC(C)CNCC1(CN2CCC(N(C)C)C2)CCCOC1. The molecule has 1 N–H and O–H groups in total. The van der Waals surface area contributed by atoms with Gasteiger partial charge in [-0.2, -0.15) is 0 Å². The summed E-state index contributed by atoms with van der Waals surface area (Å²) < 4.78 is 5.85. The first-order chi connectivity index (χ1) is 10.0. The minimum Gasteiger partial charge on any atom is -0.381 e. The minimum atomic E-state index is 0.328. The fourth-order valence-electron chi connectivity index (χ4n) is 3.71. The molecule has 4 heteroatoms. The van der Waals surface area contributed by atoms with Crippen LogP contribution in [0.25, 0.3) is 0 Å². The second-order valence-electron chi connectivity index (χ2n) is 7.82. The van der Waals surface area contributed by atoms with Gasteiger partial charge in [-0.15, -0.1) is 0 Å². The average molecular weight is 297 g/mol. The first kappa shape index (κ1) is 17.2. The van der Waals surface area contributed by atoms with E-state index in [0.29, 0.717) is 5.41 Å². The molecule has 2 saturated heterocycles. The van der Waals surface area contributed by atoms with Gasteiger partial charge >= 0.3 is 0 Å². The summed E-state index contributed by atoms with van der Waals surface area (Å²) >= 11 is 0. The molecule has 0 amide bonds. The Morgan fingerprint density at radius 1 is 1.38 bits per heavy atom. The number of nitrogens with one attached hydrogen (secondary N) is 1. The Labute approximate surface area is 131 Å². The van der Waals surface area contributed by atoms with E-state index in [1.807, 2.05) is 0 Å². The molecule has 0 aliphatic carbocycles. The quantitative estimate of drug-likeness (QED) is 0.773. The van der Waals surface area contributed by atoms with Gasteiger partial charge in [-0.1, -0.05) is 13.8 Å². The van der Waals surface area contributed by atoms with Crippen molar-refractivity contribution in [2.45, 2.75) is 39.2 Å². The Hall–Kier alpha value is -0.160. The van der Waals surface area contributed by atoms with Crippen LogP contribution in [0.15, 0.2) is 0 Å². The second-order valence-corrected chi connectivity index (χ2v) is 7.82. The highest BCUT2D eigenvalue weighted by atomic mass is 16.5. The third kappa shape index (κ3) is 5.20. The van der Waals surface area contributed by atoms with Crippen LogP contribution in [0.1, 0.15) is 33.1 Å². The second kappa shape index (κ2) is 7.91. The van der Waals surface area contributed by atoms with Crippen molar-refractivity contribution < 1.29 is 4.74 Å². The third-order valence-electron chi connectivity index (χ3n) is 4.99. The van der Waals surface area contributed by atoms with Gasteiger partial charge in [0, 0.05) is 37.7 Å². The Balaban J connectivity index is 1.87. The fourth-order valence-corrected chi connectivity index (χ4v) is 3.71. The topological polar surface area (TPSA) is 27.7 Å². The van der Waals surface area contributed by atoms with E-state index in [0.717, 1.165) is 38.3 Å². The van der Waals surface area contributed by atoms with Crippen molar-refractivity contribution in [1.82, 2.24) is 15.1 Å². The highest BCUT2D eigenvalue weighted by molar-refractivity contribution is 4.91. The largest absolute Gasteiger partial charge is 0.381 e. The molecule has 2 heterocycles. The third-order valence-corrected chi connectivity index (χ3v) is 4.99. The summed E-state index contributed by atoms with van der Waals surface area (Å²) in [6.07, 6.45) is 3.83. The first-order valence-electron chi connectivity index (χ1n) is 8.68. The highest BCUT2D eigenvalue weighted by Gasteiger charge is 2.36. The molecule has 124 valence electrons. The lowest BCUT2D eigenvalue weighted by Gasteiger charge is -2.40. The number of rotatable bonds is 7. The van der Waals surface area contributed by atoms with Gasteiger partial charge in [0.1, 0.15) is 0 Å². The van der Waals surface area contributed by atoms with Crippen molar-refractivity contribution in [2.75, 3.05) is 60.0 Å². The van der Waals surface area contributed by atoms with E-state index >= 15 is 0 Å². The molecule has 2 unspecified atom stereocenters. The zero-order valence-electron chi connectivity index (χ0n) is 14.5. The molecule has 2 rings (SSSR count). The van der Waals surface area contributed by atoms with Crippen LogP contribution in [0.4, 0.5) is 0 Å². The predicted octanol–water partition coefficient (Wildman–Crippen LogP) is 1.66. The van der Waals surface area contributed by atoms with Crippen LogP contribution in [-0.4, -0.2) is 75.9 Å². The van der Waals surface area contributed by atoms with E-state index < -0.39 is 0 Å². The van der Waals surface area contributed by atoms with Crippen LogP contribution < -0.4 is 5.32 Å². The van der Waals surface area contributed by atoms with Crippen LogP contribution in [0.5, 0.6) is 0 Å². The van der Waals surface area contributed by atoms with Crippen molar-refractivity contribution in [3.63, 3.8) is 0 Å². The maximum absolute atomic E-state index is 5.85. The van der Waals surface area contributed by atoms with Gasteiger partial charge in [0.15, 0.2) is 0 Å². The lowest BCUT2D eigenvalue weighted by atomic mass is 9.81. The highest BCUT2D eigenvalue weighted by Crippen LogP contribution is 2.30. The summed E-state index contributed by atoms with van der Waals surface area (Å²) in [6, 6.07) is 0.732. The molecule has 21 heavy (non-hydrogen) atoms. The molecule has 4 nitrogen and oxygen atoms in total. The zero-order valence-corrected chi connectivity index (χ0v) is 14.5. The van der Waals surface area contributed by atoms with E-state index in [9.17, 15) is 0 Å². The summed E-state index contributed by atoms with van der Waals surface area (Å²) in [7, 11) is 4.41. The molecule has 2 atom stereocenters. The van der Waals surface area contributed by atoms with Gasteiger partial charge in [0.25, 0.3) is 0 Å². The van der Waals surface area contributed by atoms with Crippen molar-refractivity contribution in [2.24, 2.45) is 11.3 Å². The first-order valence-corrected chi connectivity index (χ1v) is 8.68. The van der Waals surface area contributed by atoms with Crippen LogP contribution in [-0.2, 0) is 4.74 Å². The van der Waals surface area contributed by atoms with Gasteiger partial charge in [-0.05, 0) is 52.4 Å². The van der Waals surface area contributed by atoms with Crippen molar-refractivity contribution in [3.8, 4) is 0 Å². The minimum absolute atomic E-state index is 0.328. The fraction of sp³-hybridized carbons (Fsp3) is 1.00. The monoisotopic (exact) mass is 297 g/mol. The van der Waals surface area contributed by atoms with Crippen LogP contribution in [0.3, 0.4) is 0 Å². The van der Waals surface area contributed by atoms with E-state index in [-0.39, 0.29) is 0 Å². The zero-order chi connectivity index (χ0) is 15.3. The molecule has 0 aromatic heterocycles. The Morgan fingerprint density at radius 2 is 2.19 bits per heavy atom. The predicted molar refractivity (Wildman–Crippen MR) is 88.7 cm³/mol. The summed E-state index contributed by atoms with van der Waals surface area (Å²) in [5.74, 6) is 0.719. The van der Waals surface area contributed by atoms with Crippen molar-refractivity contribution in [3.05, 3.63) is 0 Å². The molecule has 2 aliphatic heterocycles. The van der Waals surface area contributed by atoms with Gasteiger partial charge in [-0.3, -0.25) is 0 Å². The normalized spacial score (nSPS) is 31.4. The summed E-state index contributed by atoms with van der Waals surface area (Å²) in [5, 5.41) is 3.69. The van der Waals surface area contributed by atoms with E-state index in [4.69, 9.17) is 4.74 Å². The standard InChI is InChI=1S/C17H35N3O/c1-15(2)10-18-12-17(7-5-9-21-14-17)13-20-8-6-16(11-20)19(3)4/h15-16,18H,5-14H2,1-4H3. The summed E-state index contributed by atoms with van der Waals surface area (Å²) in [5.41, 5.74) is 0.328. The van der Waals surface area contributed by atoms with Gasteiger partial charge in [-0.25, -0.2) is 0 Å². The molecule has 0 aromatic carbocycles. The maximum Gasteiger partial charge on any atom is 0.0546 e. The number of ether oxygens (including phenoxy) is 1. The number of likely N-dealkylation sites (tertiary alicyclic amines) is 1. The van der Waals surface area contributed by atoms with Gasteiger partial charge in [0.2, 0.25) is 0 Å². The summed E-state index contributed by atoms with van der Waals surface area (Å²) in [4.78, 5) is 5.04. The Kier molecular flexibility index (Phi) is 6.48. The van der Waals surface area contributed by atoms with E-state index in [2.05, 4.69) is 43.1 Å². The van der Waals surface area contributed by atoms with Crippen LogP contribution >= 0.6 is 0 Å². The molecular formula is C17H35N3O. The maximum atomic E-state index is 5.85. The number of hydrogen-bond donors (Lipinski definition) is 1. The number of likely N-dealkylation sites (N-methyl/N-ethyl adjacent to an activating group) is 1. The molecule has 0 bridgehead atoms. The van der Waals surface area contributed by atoms with Crippen LogP contribution in [0, 0.1) is 11.3 Å². The molecular weight excluding hydrogens is 262 g/mol. The average Bonchev–Trinajstić information content (AvgIpc) is 2.88. The smallest absolute Gasteiger partial charge is 0.0546 e. The van der Waals surface area contributed by atoms with Gasteiger partial charge in [0.05, 0.1) is 6.61 Å². The molecule has 0 aromatic rings. The van der Waals surface area contributed by atoms with E-state index in [1.54, 1.807) is 0 Å². The molecule has 0 saturated carbocycles. The molecule has 0 radical (unpaired) electrons. The number of hydrogen-bond acceptors (Lipinski definition) is 4. The van der Waals surface area contributed by atoms with E-state index in [1.165, 1.54) is 38.9 Å². The lowest BCUT2D eigenvalue weighted by molar-refractivity contribution is -0.0238. The van der Waals surface area contributed by atoms with Crippen LogP contribution in [0.2, 0.25) is 0 Å².